The SMILES string of the molecule is C=CCCOc1cc(Oc2ccc(-c3nnc4n3CCC4)cc2)cc(C(=O)Nc2ccn(C)n2)c1. The number of carbonyl (C=O) groups excluding carboxylic acids is 1. The third-order valence-corrected chi connectivity index (χ3v) is 5.65. The summed E-state index contributed by atoms with van der Waals surface area (Å²) < 4.78 is 15.7. The zero-order valence-corrected chi connectivity index (χ0v) is 19.5. The van der Waals surface area contributed by atoms with Crippen molar-refractivity contribution >= 4 is 11.7 Å². The molecule has 0 fully saturated rings. The third kappa shape index (κ3) is 5.08. The summed E-state index contributed by atoms with van der Waals surface area (Å²) in [4.78, 5) is 12.9. The first-order chi connectivity index (χ1) is 17.1. The van der Waals surface area contributed by atoms with E-state index in [0.717, 1.165) is 36.6 Å². The molecule has 9 nitrogen and oxygen atoms in total. The highest BCUT2D eigenvalue weighted by molar-refractivity contribution is 6.04. The maximum Gasteiger partial charge on any atom is 0.257 e. The molecule has 0 unspecified atom stereocenters. The van der Waals surface area contributed by atoms with Gasteiger partial charge in [0.2, 0.25) is 0 Å². The molecule has 4 aromatic rings. The predicted octanol–water partition coefficient (Wildman–Crippen LogP) is 4.62. The number of carbonyl (C=O) groups is 1. The fourth-order valence-corrected chi connectivity index (χ4v) is 3.95. The first kappa shape index (κ1) is 22.4. The normalized spacial score (nSPS) is 12.3. The summed E-state index contributed by atoms with van der Waals surface area (Å²) in [5, 5.41) is 15.6. The van der Waals surface area contributed by atoms with E-state index in [1.165, 1.54) is 0 Å². The second kappa shape index (κ2) is 9.84. The van der Waals surface area contributed by atoms with Crippen molar-refractivity contribution in [3.8, 4) is 28.6 Å². The number of amides is 1. The molecule has 5 rings (SSSR count). The number of hydrogen-bond acceptors (Lipinski definition) is 6. The number of benzene rings is 2. The minimum atomic E-state index is -0.307. The van der Waals surface area contributed by atoms with Crippen LogP contribution in [0.3, 0.4) is 0 Å². The van der Waals surface area contributed by atoms with Gasteiger partial charge in [-0.05, 0) is 49.2 Å². The number of aryl methyl sites for hydroxylation is 2. The zero-order valence-electron chi connectivity index (χ0n) is 19.5. The lowest BCUT2D eigenvalue weighted by Gasteiger charge is -2.12. The molecular weight excluding hydrogens is 444 g/mol. The highest BCUT2D eigenvalue weighted by Crippen LogP contribution is 2.30. The van der Waals surface area contributed by atoms with Crippen LogP contribution in [0.2, 0.25) is 0 Å². The van der Waals surface area contributed by atoms with Crippen LogP contribution in [0.1, 0.15) is 29.0 Å². The third-order valence-electron chi connectivity index (χ3n) is 5.65. The van der Waals surface area contributed by atoms with Gasteiger partial charge in [-0.2, -0.15) is 5.10 Å². The average molecular weight is 471 g/mol. The van der Waals surface area contributed by atoms with Crippen LogP contribution < -0.4 is 14.8 Å². The first-order valence-electron chi connectivity index (χ1n) is 11.5. The topological polar surface area (TPSA) is 96.1 Å². The smallest absolute Gasteiger partial charge is 0.257 e. The van der Waals surface area contributed by atoms with Gasteiger partial charge in [-0.3, -0.25) is 9.48 Å². The molecule has 1 amide bonds. The van der Waals surface area contributed by atoms with Gasteiger partial charge < -0.3 is 19.4 Å². The van der Waals surface area contributed by atoms with Crippen molar-refractivity contribution in [3.63, 3.8) is 0 Å². The Bertz CT molecular complexity index is 1360. The molecule has 0 aliphatic carbocycles. The van der Waals surface area contributed by atoms with Crippen LogP contribution in [-0.2, 0) is 20.0 Å². The van der Waals surface area contributed by atoms with Gasteiger partial charge in [0.1, 0.15) is 23.1 Å². The standard InChI is InChI=1S/C26H26N6O3/c1-3-4-14-34-21-15-19(26(33)27-23-11-13-31(2)30-23)16-22(17-21)35-20-9-7-18(8-10-20)25-29-28-24-6-5-12-32(24)25/h3,7-11,13,15-17H,1,4-6,12,14H2,2H3,(H,27,30,33). The molecule has 35 heavy (non-hydrogen) atoms. The molecule has 0 saturated heterocycles. The van der Waals surface area contributed by atoms with Gasteiger partial charge in [0.25, 0.3) is 5.91 Å². The summed E-state index contributed by atoms with van der Waals surface area (Å²) in [5.41, 5.74) is 1.38. The van der Waals surface area contributed by atoms with Crippen LogP contribution >= 0.6 is 0 Å². The number of aromatic nitrogens is 5. The summed E-state index contributed by atoms with van der Waals surface area (Å²) in [6, 6.07) is 14.5. The van der Waals surface area contributed by atoms with Gasteiger partial charge >= 0.3 is 0 Å². The second-order valence-corrected chi connectivity index (χ2v) is 8.27. The van der Waals surface area contributed by atoms with E-state index in [9.17, 15) is 4.79 Å². The Hall–Kier alpha value is -4.40. The van der Waals surface area contributed by atoms with Crippen LogP contribution in [0.25, 0.3) is 11.4 Å². The molecule has 9 heteroatoms. The van der Waals surface area contributed by atoms with Crippen LogP contribution in [0, 0.1) is 0 Å². The molecule has 2 aromatic heterocycles. The fourth-order valence-electron chi connectivity index (χ4n) is 3.95. The number of rotatable bonds is 9. The van der Waals surface area contributed by atoms with Crippen molar-refractivity contribution in [1.29, 1.82) is 0 Å². The van der Waals surface area contributed by atoms with Gasteiger partial charge in [0, 0.05) is 49.5 Å². The van der Waals surface area contributed by atoms with E-state index in [4.69, 9.17) is 9.47 Å². The molecule has 0 atom stereocenters. The molecule has 0 saturated carbocycles. The van der Waals surface area contributed by atoms with E-state index in [1.54, 1.807) is 48.3 Å². The van der Waals surface area contributed by atoms with Gasteiger partial charge in [-0.25, -0.2) is 0 Å². The van der Waals surface area contributed by atoms with Crippen LogP contribution in [0.5, 0.6) is 17.2 Å². The molecule has 0 spiro atoms. The van der Waals surface area contributed by atoms with Crippen molar-refractivity contribution in [3.05, 3.63) is 78.8 Å². The van der Waals surface area contributed by atoms with Crippen molar-refractivity contribution in [1.82, 2.24) is 24.5 Å². The zero-order chi connectivity index (χ0) is 24.2. The van der Waals surface area contributed by atoms with Crippen molar-refractivity contribution in [2.45, 2.75) is 25.8 Å². The Kier molecular flexibility index (Phi) is 6.30. The first-order valence-corrected chi connectivity index (χ1v) is 11.5. The summed E-state index contributed by atoms with van der Waals surface area (Å²) >= 11 is 0. The van der Waals surface area contributed by atoms with Crippen molar-refractivity contribution in [2.24, 2.45) is 7.05 Å². The summed E-state index contributed by atoms with van der Waals surface area (Å²) in [6.07, 6.45) is 6.29. The predicted molar refractivity (Wildman–Crippen MR) is 132 cm³/mol. The van der Waals surface area contributed by atoms with Gasteiger partial charge in [-0.15, -0.1) is 16.8 Å². The number of nitrogens with zero attached hydrogens (tertiary/aromatic N) is 5. The Morgan fingerprint density at radius 3 is 2.71 bits per heavy atom. The van der Waals surface area contributed by atoms with Gasteiger partial charge in [0.05, 0.1) is 6.61 Å². The van der Waals surface area contributed by atoms with Crippen LogP contribution in [0.4, 0.5) is 5.82 Å². The van der Waals surface area contributed by atoms with E-state index in [2.05, 4.69) is 31.8 Å². The number of hydrogen-bond donors (Lipinski definition) is 1. The highest BCUT2D eigenvalue weighted by Gasteiger charge is 2.18. The Labute approximate surface area is 203 Å². The molecule has 1 aliphatic rings. The van der Waals surface area contributed by atoms with Gasteiger partial charge in [-0.1, -0.05) is 6.08 Å². The minimum Gasteiger partial charge on any atom is -0.493 e. The molecule has 3 heterocycles. The lowest BCUT2D eigenvalue weighted by molar-refractivity contribution is 0.102. The van der Waals surface area contributed by atoms with E-state index in [-0.39, 0.29) is 5.91 Å². The molecule has 178 valence electrons. The molecule has 2 aromatic carbocycles. The second-order valence-electron chi connectivity index (χ2n) is 8.27. The molecule has 0 radical (unpaired) electrons. The lowest BCUT2D eigenvalue weighted by atomic mass is 10.1. The average Bonchev–Trinajstić information content (AvgIpc) is 3.58. The van der Waals surface area contributed by atoms with Crippen molar-refractivity contribution < 1.29 is 14.3 Å². The Morgan fingerprint density at radius 2 is 1.94 bits per heavy atom. The maximum absolute atomic E-state index is 12.9. The summed E-state index contributed by atoms with van der Waals surface area (Å²) in [7, 11) is 1.79. The monoisotopic (exact) mass is 470 g/mol. The van der Waals surface area contributed by atoms with E-state index in [0.29, 0.717) is 41.7 Å². The number of fused-ring (bicyclic) bond motifs is 1. The number of ether oxygens (including phenoxy) is 2. The fraction of sp³-hybridized carbons (Fsp3) is 0.231. The largest absolute Gasteiger partial charge is 0.493 e. The highest BCUT2D eigenvalue weighted by atomic mass is 16.5. The van der Waals surface area contributed by atoms with E-state index >= 15 is 0 Å². The van der Waals surface area contributed by atoms with Crippen LogP contribution in [-0.4, -0.2) is 37.1 Å². The molecule has 1 N–H and O–H groups in total. The summed E-state index contributed by atoms with van der Waals surface area (Å²) in [6.45, 7) is 5.11. The molecule has 1 aliphatic heterocycles. The number of nitrogens with one attached hydrogen (secondary N) is 1. The summed E-state index contributed by atoms with van der Waals surface area (Å²) in [5.74, 6) is 3.72. The maximum atomic E-state index is 12.9. The quantitative estimate of drug-likeness (QED) is 0.283. The van der Waals surface area contributed by atoms with E-state index in [1.807, 2.05) is 24.3 Å². The molecule has 0 bridgehead atoms. The van der Waals surface area contributed by atoms with Gasteiger partial charge in [0.15, 0.2) is 11.6 Å². The lowest BCUT2D eigenvalue weighted by Crippen LogP contribution is -2.13. The van der Waals surface area contributed by atoms with E-state index < -0.39 is 0 Å². The van der Waals surface area contributed by atoms with Crippen LogP contribution in [0.15, 0.2) is 67.4 Å². The Balaban J connectivity index is 1.36. The molecular formula is C26H26N6O3. The number of anilines is 1. The van der Waals surface area contributed by atoms with Crippen molar-refractivity contribution in [2.75, 3.05) is 11.9 Å². The minimum absolute atomic E-state index is 0.307. The Morgan fingerprint density at radius 1 is 1.11 bits per heavy atom.